The van der Waals surface area contributed by atoms with Gasteiger partial charge in [-0.2, -0.15) is 0 Å². The average Bonchev–Trinajstić information content (AvgIpc) is 3.57. The van der Waals surface area contributed by atoms with Gasteiger partial charge in [0.1, 0.15) is 17.8 Å². The summed E-state index contributed by atoms with van der Waals surface area (Å²) in [6.07, 6.45) is 6.74. The van der Waals surface area contributed by atoms with Crippen molar-refractivity contribution in [2.24, 2.45) is 34.0 Å². The molecule has 10 atom stereocenters. The number of furan rings is 1. The Labute approximate surface area is 267 Å². The summed E-state index contributed by atoms with van der Waals surface area (Å²) in [5, 5.41) is 25.5. The number of rotatable bonds is 6. The van der Waals surface area contributed by atoms with Crippen LogP contribution in [0.5, 0.6) is 0 Å². The van der Waals surface area contributed by atoms with Gasteiger partial charge in [-0.25, -0.2) is 4.79 Å². The van der Waals surface area contributed by atoms with Crippen LogP contribution in [0.2, 0.25) is 0 Å². The topological polar surface area (TPSA) is 142 Å². The van der Waals surface area contributed by atoms with E-state index in [1.807, 2.05) is 51.1 Å². The van der Waals surface area contributed by atoms with Crippen molar-refractivity contribution in [1.82, 2.24) is 0 Å². The maximum atomic E-state index is 13.4. The van der Waals surface area contributed by atoms with Crippen LogP contribution in [0.1, 0.15) is 63.7 Å². The summed E-state index contributed by atoms with van der Waals surface area (Å²) in [6, 6.07) is 11.1. The fourth-order valence-corrected chi connectivity index (χ4v) is 9.81. The second kappa shape index (κ2) is 10.4. The molecule has 4 heterocycles. The van der Waals surface area contributed by atoms with Crippen molar-refractivity contribution in [3.05, 3.63) is 77.8 Å². The maximum Gasteiger partial charge on any atom is 0.331 e. The second-order valence-electron chi connectivity index (χ2n) is 14.3. The SMILES string of the molecule is COC(=O)C[C@H]1[C@]2(C)COC3(O)[C@@H](C=C4[C@H](CC[C@@]5(C)[C@@H](c6ccoc6)OC(=O)C[C@]45O)[C@]13C)[C@H]2OC(=O)/C=C/c1ccccc1. The number of fused-ring (bicyclic) bond motifs is 4. The van der Waals surface area contributed by atoms with E-state index in [9.17, 15) is 24.6 Å². The molecule has 10 heteroatoms. The summed E-state index contributed by atoms with van der Waals surface area (Å²) in [4.78, 5) is 39.6. The number of methoxy groups -OCH3 is 1. The van der Waals surface area contributed by atoms with E-state index >= 15 is 0 Å². The Kier molecular flexibility index (Phi) is 6.98. The fraction of sp³-hybridized carbons (Fsp3) is 0.528. The highest BCUT2D eigenvalue weighted by Gasteiger charge is 2.80. The lowest BCUT2D eigenvalue weighted by Gasteiger charge is -2.74. The largest absolute Gasteiger partial charge is 0.472 e. The number of carbonyl (C=O) groups excluding carboxylic acids is 3. The van der Waals surface area contributed by atoms with Gasteiger partial charge in [-0.05, 0) is 48.0 Å². The van der Waals surface area contributed by atoms with Gasteiger partial charge in [0, 0.05) is 34.3 Å². The quantitative estimate of drug-likeness (QED) is 0.202. The highest BCUT2D eigenvalue weighted by Crippen LogP contribution is 2.75. The molecule has 2 N–H and O–H groups in total. The van der Waals surface area contributed by atoms with Crippen molar-refractivity contribution in [3.63, 3.8) is 0 Å². The molecule has 1 aromatic carbocycles. The lowest BCUT2D eigenvalue weighted by atomic mass is 9.36. The molecule has 244 valence electrons. The highest BCUT2D eigenvalue weighted by atomic mass is 16.6. The van der Waals surface area contributed by atoms with E-state index in [2.05, 4.69) is 0 Å². The highest BCUT2D eigenvalue weighted by molar-refractivity contribution is 5.87. The van der Waals surface area contributed by atoms with Crippen LogP contribution in [0, 0.1) is 34.0 Å². The van der Waals surface area contributed by atoms with Crippen LogP contribution < -0.4 is 0 Å². The molecule has 46 heavy (non-hydrogen) atoms. The Bertz CT molecular complexity index is 1610. The van der Waals surface area contributed by atoms with E-state index in [1.54, 1.807) is 18.2 Å². The third-order valence-corrected chi connectivity index (χ3v) is 12.3. The number of hydrogen-bond donors (Lipinski definition) is 2. The summed E-state index contributed by atoms with van der Waals surface area (Å²) < 4.78 is 28.9. The van der Waals surface area contributed by atoms with Gasteiger partial charge >= 0.3 is 17.9 Å². The Balaban J connectivity index is 1.36. The zero-order valence-electron chi connectivity index (χ0n) is 26.4. The number of ether oxygens (including phenoxy) is 4. The van der Waals surface area contributed by atoms with Crippen molar-refractivity contribution in [2.45, 2.75) is 70.1 Å². The minimum atomic E-state index is -1.84. The molecule has 2 aromatic rings. The zero-order chi connectivity index (χ0) is 32.7. The minimum absolute atomic E-state index is 0.0460. The Morgan fingerprint density at radius 3 is 2.57 bits per heavy atom. The normalized spacial score (nSPS) is 42.4. The standard InChI is InChI=1S/C36H40O10/c1-32-20-44-36(41)25(31(32)45-27(37)11-10-21-8-6-5-7-9-21)16-24-23(34(36,3)26(32)17-28(38)42-4)12-14-33(2)30(22-13-15-43-19-22)46-29(39)18-35(24,33)40/h5-11,13,15-16,19,23,25-26,30-31,40-41H,12,14,17-18,20H2,1-4H3/b11-10+/t23-,25-,26-,30+,31+,32-,33-,34+,35-,36?/m0/s1. The van der Waals surface area contributed by atoms with Crippen LogP contribution >= 0.6 is 0 Å². The molecule has 3 aliphatic heterocycles. The minimum Gasteiger partial charge on any atom is -0.472 e. The summed E-state index contributed by atoms with van der Waals surface area (Å²) in [5.41, 5.74) is -2.59. The van der Waals surface area contributed by atoms with Crippen LogP contribution in [0.4, 0.5) is 0 Å². The molecule has 1 unspecified atom stereocenters. The fourth-order valence-electron chi connectivity index (χ4n) is 9.81. The van der Waals surface area contributed by atoms with Gasteiger partial charge in [0.15, 0.2) is 5.79 Å². The van der Waals surface area contributed by atoms with E-state index in [-0.39, 0.29) is 19.4 Å². The molecule has 5 fully saturated rings. The van der Waals surface area contributed by atoms with Crippen molar-refractivity contribution >= 4 is 24.0 Å². The average molecular weight is 633 g/mol. The molecule has 1 aromatic heterocycles. The number of hydrogen-bond acceptors (Lipinski definition) is 10. The van der Waals surface area contributed by atoms with E-state index in [4.69, 9.17) is 23.4 Å². The van der Waals surface area contributed by atoms with Crippen LogP contribution in [0.25, 0.3) is 6.08 Å². The predicted octanol–water partition coefficient (Wildman–Crippen LogP) is 4.52. The van der Waals surface area contributed by atoms with E-state index in [0.29, 0.717) is 24.0 Å². The molecule has 6 aliphatic rings. The zero-order valence-corrected chi connectivity index (χ0v) is 26.4. The van der Waals surface area contributed by atoms with E-state index < -0.39 is 75.5 Å². The lowest BCUT2D eigenvalue weighted by Crippen LogP contribution is -2.80. The Hall–Kier alpha value is -3.73. The van der Waals surface area contributed by atoms with E-state index in [0.717, 1.165) is 5.56 Å². The molecule has 3 aliphatic carbocycles. The Morgan fingerprint density at radius 2 is 1.87 bits per heavy atom. The molecule has 8 rings (SSSR count). The molecule has 0 amide bonds. The third-order valence-electron chi connectivity index (χ3n) is 12.3. The Morgan fingerprint density at radius 1 is 1.11 bits per heavy atom. The first-order valence-electron chi connectivity index (χ1n) is 15.8. The summed E-state index contributed by atoms with van der Waals surface area (Å²) in [5.74, 6) is -5.41. The first-order valence-corrected chi connectivity index (χ1v) is 15.8. The molecular formula is C36H40O10. The smallest absolute Gasteiger partial charge is 0.331 e. The monoisotopic (exact) mass is 632 g/mol. The predicted molar refractivity (Wildman–Crippen MR) is 162 cm³/mol. The molecule has 0 radical (unpaired) electrons. The summed E-state index contributed by atoms with van der Waals surface area (Å²) in [6.45, 7) is 5.79. The van der Waals surface area contributed by atoms with Gasteiger partial charge in [-0.3, -0.25) is 9.59 Å². The molecular weight excluding hydrogens is 592 g/mol. The van der Waals surface area contributed by atoms with E-state index in [1.165, 1.54) is 25.7 Å². The number of aliphatic hydroxyl groups is 2. The molecule has 2 saturated carbocycles. The van der Waals surface area contributed by atoms with Gasteiger partial charge in [0.25, 0.3) is 0 Å². The number of cyclic esters (lactones) is 1. The van der Waals surface area contributed by atoms with Gasteiger partial charge in [-0.15, -0.1) is 0 Å². The third kappa shape index (κ3) is 4.02. The summed E-state index contributed by atoms with van der Waals surface area (Å²) >= 11 is 0. The van der Waals surface area contributed by atoms with Gasteiger partial charge < -0.3 is 33.6 Å². The van der Waals surface area contributed by atoms with Crippen LogP contribution in [-0.2, 0) is 33.3 Å². The van der Waals surface area contributed by atoms with Gasteiger partial charge in [-0.1, -0.05) is 57.2 Å². The second-order valence-corrected chi connectivity index (χ2v) is 14.3. The van der Waals surface area contributed by atoms with Crippen LogP contribution in [0.15, 0.2) is 71.1 Å². The first-order chi connectivity index (χ1) is 21.8. The number of benzene rings is 1. The van der Waals surface area contributed by atoms with Crippen molar-refractivity contribution in [1.29, 1.82) is 0 Å². The van der Waals surface area contributed by atoms with Crippen molar-refractivity contribution in [2.75, 3.05) is 13.7 Å². The summed E-state index contributed by atoms with van der Waals surface area (Å²) in [7, 11) is 1.32. The van der Waals surface area contributed by atoms with Crippen molar-refractivity contribution in [3.8, 4) is 0 Å². The molecule has 0 spiro atoms. The number of esters is 3. The van der Waals surface area contributed by atoms with Crippen LogP contribution in [0.3, 0.4) is 0 Å². The van der Waals surface area contributed by atoms with Gasteiger partial charge in [0.05, 0.1) is 38.6 Å². The molecule has 3 saturated heterocycles. The van der Waals surface area contributed by atoms with Crippen LogP contribution in [-0.4, -0.2) is 59.3 Å². The van der Waals surface area contributed by atoms with Crippen molar-refractivity contribution < 1.29 is 48.0 Å². The molecule has 4 bridgehead atoms. The molecule has 10 nitrogen and oxygen atoms in total. The lowest BCUT2D eigenvalue weighted by molar-refractivity contribution is -0.429. The first kappa shape index (κ1) is 30.9. The number of carbonyl (C=O) groups is 3. The maximum absolute atomic E-state index is 13.4. The van der Waals surface area contributed by atoms with Gasteiger partial charge in [0.2, 0.25) is 0 Å².